The number of hydrogen-bond acceptors (Lipinski definition) is 4. The minimum absolute atomic E-state index is 0.145. The smallest absolute Gasteiger partial charge is 0.251 e. The highest BCUT2D eigenvalue weighted by molar-refractivity contribution is 6.30. The van der Waals surface area contributed by atoms with Crippen LogP contribution in [-0.2, 0) is 6.54 Å². The maximum absolute atomic E-state index is 11.9. The van der Waals surface area contributed by atoms with Crippen molar-refractivity contribution >= 4 is 11.6 Å². The molecule has 1 aliphatic rings. The molecule has 0 bridgehead atoms. The first-order valence-electron chi connectivity index (χ1n) is 7.98. The second kappa shape index (κ2) is 7.73. The molecule has 0 spiro atoms. The molecule has 23 heavy (non-hydrogen) atoms. The van der Waals surface area contributed by atoms with Crippen LogP contribution in [-0.4, -0.2) is 29.6 Å². The van der Waals surface area contributed by atoms with Gasteiger partial charge < -0.3 is 15.6 Å². The van der Waals surface area contributed by atoms with Gasteiger partial charge in [0.05, 0.1) is 5.69 Å². The van der Waals surface area contributed by atoms with E-state index in [1.165, 1.54) is 12.8 Å². The van der Waals surface area contributed by atoms with Crippen molar-refractivity contribution in [3.05, 3.63) is 51.4 Å². The van der Waals surface area contributed by atoms with Crippen molar-refractivity contribution in [3.8, 4) is 11.4 Å². The van der Waals surface area contributed by atoms with Gasteiger partial charge >= 0.3 is 0 Å². The Labute approximate surface area is 140 Å². The number of nitrogens with one attached hydrogen (secondary N) is 3. The van der Waals surface area contributed by atoms with Gasteiger partial charge in [-0.3, -0.25) is 4.79 Å². The van der Waals surface area contributed by atoms with Gasteiger partial charge in [-0.05, 0) is 50.5 Å². The molecule has 1 aromatic heterocycles. The largest absolute Gasteiger partial charge is 0.317 e. The lowest BCUT2D eigenvalue weighted by Crippen LogP contribution is -2.33. The molecule has 1 fully saturated rings. The average Bonchev–Trinajstić information content (AvgIpc) is 2.55. The van der Waals surface area contributed by atoms with Crippen molar-refractivity contribution in [1.82, 2.24) is 20.6 Å². The highest BCUT2D eigenvalue weighted by Crippen LogP contribution is 2.18. The van der Waals surface area contributed by atoms with Gasteiger partial charge in [-0.2, -0.15) is 0 Å². The van der Waals surface area contributed by atoms with Crippen LogP contribution in [0.3, 0.4) is 0 Å². The SMILES string of the molecule is O=c1cc(CNCC2CCNCC2)nc(-c2cccc(Cl)c2)[nH]1. The quantitative estimate of drug-likeness (QED) is 0.785. The van der Waals surface area contributed by atoms with Crippen LogP contribution in [0, 0.1) is 5.92 Å². The summed E-state index contributed by atoms with van der Waals surface area (Å²) >= 11 is 6.01. The minimum Gasteiger partial charge on any atom is -0.317 e. The van der Waals surface area contributed by atoms with Gasteiger partial charge in [0.1, 0.15) is 5.82 Å². The summed E-state index contributed by atoms with van der Waals surface area (Å²) in [6, 6.07) is 8.87. The molecule has 122 valence electrons. The second-order valence-corrected chi connectivity index (χ2v) is 6.36. The van der Waals surface area contributed by atoms with E-state index in [1.54, 1.807) is 18.2 Å². The lowest BCUT2D eigenvalue weighted by atomic mass is 9.98. The Hall–Kier alpha value is -1.69. The molecular formula is C17H21ClN4O. The predicted octanol–water partition coefficient (Wildman–Crippen LogP) is 2.18. The Kier molecular flexibility index (Phi) is 5.43. The Bertz CT molecular complexity index is 710. The van der Waals surface area contributed by atoms with E-state index in [2.05, 4.69) is 20.6 Å². The third-order valence-corrected chi connectivity index (χ3v) is 4.33. The summed E-state index contributed by atoms with van der Waals surface area (Å²) < 4.78 is 0. The first kappa shape index (κ1) is 16.2. The zero-order chi connectivity index (χ0) is 16.1. The van der Waals surface area contributed by atoms with Crippen molar-refractivity contribution in [1.29, 1.82) is 0 Å². The summed E-state index contributed by atoms with van der Waals surface area (Å²) in [6.07, 6.45) is 2.40. The van der Waals surface area contributed by atoms with Gasteiger partial charge in [0, 0.05) is 23.2 Å². The molecular weight excluding hydrogens is 312 g/mol. The number of aromatic nitrogens is 2. The van der Waals surface area contributed by atoms with Gasteiger partial charge in [-0.25, -0.2) is 4.98 Å². The first-order chi connectivity index (χ1) is 11.2. The summed E-state index contributed by atoms with van der Waals surface area (Å²) in [6.45, 7) is 3.74. The van der Waals surface area contributed by atoms with Crippen LogP contribution < -0.4 is 16.2 Å². The van der Waals surface area contributed by atoms with E-state index in [4.69, 9.17) is 11.6 Å². The Morgan fingerprint density at radius 2 is 2.09 bits per heavy atom. The molecule has 1 aromatic carbocycles. The topological polar surface area (TPSA) is 69.8 Å². The van der Waals surface area contributed by atoms with Crippen LogP contribution >= 0.6 is 11.6 Å². The molecule has 1 saturated heterocycles. The van der Waals surface area contributed by atoms with Crippen LogP contribution in [0.4, 0.5) is 0 Å². The minimum atomic E-state index is -0.145. The highest BCUT2D eigenvalue weighted by Gasteiger charge is 2.12. The van der Waals surface area contributed by atoms with E-state index in [1.807, 2.05) is 12.1 Å². The van der Waals surface area contributed by atoms with E-state index in [9.17, 15) is 4.79 Å². The van der Waals surface area contributed by atoms with Crippen molar-refractivity contribution < 1.29 is 0 Å². The maximum atomic E-state index is 11.9. The van der Waals surface area contributed by atoms with E-state index in [-0.39, 0.29) is 5.56 Å². The molecule has 1 aliphatic heterocycles. The number of halogens is 1. The second-order valence-electron chi connectivity index (χ2n) is 5.92. The Balaban J connectivity index is 1.67. The number of benzene rings is 1. The Morgan fingerprint density at radius 3 is 2.87 bits per heavy atom. The molecule has 0 aliphatic carbocycles. The van der Waals surface area contributed by atoms with Crippen LogP contribution in [0.25, 0.3) is 11.4 Å². The molecule has 5 nitrogen and oxygen atoms in total. The monoisotopic (exact) mass is 332 g/mol. The molecule has 3 N–H and O–H groups in total. The molecule has 2 aromatic rings. The average molecular weight is 333 g/mol. The summed E-state index contributed by atoms with van der Waals surface area (Å²) in [7, 11) is 0. The van der Waals surface area contributed by atoms with Crippen molar-refractivity contribution in [2.24, 2.45) is 5.92 Å². The molecule has 2 heterocycles. The number of piperidine rings is 1. The zero-order valence-corrected chi connectivity index (χ0v) is 13.7. The fourth-order valence-electron chi connectivity index (χ4n) is 2.86. The standard InChI is InChI=1S/C17H21ClN4O/c18-14-3-1-2-13(8-14)17-21-15(9-16(23)22-17)11-20-10-12-4-6-19-7-5-12/h1-3,8-9,12,19-20H,4-7,10-11H2,(H,21,22,23). The summed E-state index contributed by atoms with van der Waals surface area (Å²) in [5.41, 5.74) is 1.42. The van der Waals surface area contributed by atoms with Gasteiger partial charge in [0.2, 0.25) is 0 Å². The third kappa shape index (κ3) is 4.64. The van der Waals surface area contributed by atoms with Gasteiger partial charge in [-0.1, -0.05) is 23.7 Å². The third-order valence-electron chi connectivity index (χ3n) is 4.09. The van der Waals surface area contributed by atoms with Crippen LogP contribution in [0.1, 0.15) is 18.5 Å². The number of hydrogen-bond donors (Lipinski definition) is 3. The molecule has 0 saturated carbocycles. The van der Waals surface area contributed by atoms with E-state index in [0.29, 0.717) is 23.3 Å². The predicted molar refractivity (Wildman–Crippen MR) is 92.6 cm³/mol. The normalized spacial score (nSPS) is 15.7. The molecule has 0 atom stereocenters. The van der Waals surface area contributed by atoms with Crippen LogP contribution in [0.2, 0.25) is 5.02 Å². The van der Waals surface area contributed by atoms with Crippen molar-refractivity contribution in [2.75, 3.05) is 19.6 Å². The van der Waals surface area contributed by atoms with E-state index >= 15 is 0 Å². The molecule has 0 amide bonds. The summed E-state index contributed by atoms with van der Waals surface area (Å²) in [5.74, 6) is 1.25. The summed E-state index contributed by atoms with van der Waals surface area (Å²) in [4.78, 5) is 19.2. The first-order valence-corrected chi connectivity index (χ1v) is 8.36. The van der Waals surface area contributed by atoms with Crippen LogP contribution in [0.5, 0.6) is 0 Å². The Morgan fingerprint density at radius 1 is 1.26 bits per heavy atom. The molecule has 0 radical (unpaired) electrons. The zero-order valence-electron chi connectivity index (χ0n) is 12.9. The van der Waals surface area contributed by atoms with Gasteiger partial charge in [0.15, 0.2) is 0 Å². The highest BCUT2D eigenvalue weighted by atomic mass is 35.5. The number of aromatic amines is 1. The lowest BCUT2D eigenvalue weighted by Gasteiger charge is -2.22. The number of nitrogens with zero attached hydrogens (tertiary/aromatic N) is 1. The van der Waals surface area contributed by atoms with E-state index in [0.717, 1.165) is 30.9 Å². The van der Waals surface area contributed by atoms with Crippen molar-refractivity contribution in [3.63, 3.8) is 0 Å². The van der Waals surface area contributed by atoms with Gasteiger partial charge in [0.25, 0.3) is 5.56 Å². The fraction of sp³-hybridized carbons (Fsp3) is 0.412. The number of rotatable bonds is 5. The lowest BCUT2D eigenvalue weighted by molar-refractivity contribution is 0.356. The molecule has 3 rings (SSSR count). The number of H-pyrrole nitrogens is 1. The molecule has 6 heteroatoms. The molecule has 0 unspecified atom stereocenters. The van der Waals surface area contributed by atoms with Crippen molar-refractivity contribution in [2.45, 2.75) is 19.4 Å². The summed E-state index contributed by atoms with van der Waals surface area (Å²) in [5, 5.41) is 7.41. The maximum Gasteiger partial charge on any atom is 0.251 e. The van der Waals surface area contributed by atoms with E-state index < -0.39 is 0 Å². The van der Waals surface area contributed by atoms with Gasteiger partial charge in [-0.15, -0.1) is 0 Å². The fourth-order valence-corrected chi connectivity index (χ4v) is 3.05. The van der Waals surface area contributed by atoms with Crippen LogP contribution in [0.15, 0.2) is 35.1 Å².